The molecular formula is C16H15BrO3. The number of hydrogen-bond acceptors (Lipinski definition) is 2. The summed E-state index contributed by atoms with van der Waals surface area (Å²) in [6.07, 6.45) is 0. The molecule has 0 aliphatic rings. The normalized spacial score (nSPS) is 13.7. The first-order valence-electron chi connectivity index (χ1n) is 6.14. The molecule has 3 nitrogen and oxygen atoms in total. The second-order valence-electron chi connectivity index (χ2n) is 4.39. The van der Waals surface area contributed by atoms with Crippen LogP contribution in [-0.4, -0.2) is 18.2 Å². The van der Waals surface area contributed by atoms with Crippen LogP contribution in [0.2, 0.25) is 0 Å². The highest BCUT2D eigenvalue weighted by Crippen LogP contribution is 2.33. The number of hydrogen-bond donors (Lipinski definition) is 1. The fourth-order valence-electron chi connectivity index (χ4n) is 2.24. The molecule has 0 spiro atoms. The van der Waals surface area contributed by atoms with Gasteiger partial charge < -0.3 is 9.84 Å². The number of aliphatic carboxylic acids is 1. The van der Waals surface area contributed by atoms with E-state index in [0.29, 0.717) is 11.1 Å². The van der Waals surface area contributed by atoms with Crippen LogP contribution in [0.15, 0.2) is 54.6 Å². The van der Waals surface area contributed by atoms with Gasteiger partial charge in [0.05, 0.1) is 0 Å². The Morgan fingerprint density at radius 2 is 1.65 bits per heavy atom. The number of carboxylic acid groups (broad SMARTS) is 1. The fourth-order valence-corrected chi connectivity index (χ4v) is 2.61. The highest BCUT2D eigenvalue weighted by atomic mass is 79.9. The monoisotopic (exact) mass is 334 g/mol. The van der Waals surface area contributed by atoms with E-state index in [-0.39, 0.29) is 0 Å². The maximum Gasteiger partial charge on any atom is 0.345 e. The van der Waals surface area contributed by atoms with Gasteiger partial charge in [-0.2, -0.15) is 0 Å². The van der Waals surface area contributed by atoms with Gasteiger partial charge in [-0.15, -0.1) is 0 Å². The largest absolute Gasteiger partial charge is 0.479 e. The first-order chi connectivity index (χ1) is 9.65. The molecule has 104 valence electrons. The van der Waals surface area contributed by atoms with Crippen molar-refractivity contribution in [2.24, 2.45) is 0 Å². The molecule has 0 heterocycles. The van der Waals surface area contributed by atoms with Gasteiger partial charge in [-0.3, -0.25) is 0 Å². The average molecular weight is 335 g/mol. The molecule has 2 aromatic carbocycles. The average Bonchev–Trinajstić information content (AvgIpc) is 2.50. The highest BCUT2D eigenvalue weighted by Gasteiger charge is 2.42. The van der Waals surface area contributed by atoms with Gasteiger partial charge in [0, 0.05) is 12.4 Å². The number of halogens is 1. The van der Waals surface area contributed by atoms with Crippen LogP contribution < -0.4 is 0 Å². The highest BCUT2D eigenvalue weighted by molar-refractivity contribution is 9.08. The standard InChI is InChI=1S/C16H15BrO3/c1-20-16(15(18)19,13-5-3-2-4-6-13)14-9-7-12(11-17)8-10-14/h2-10H,11H2,1H3,(H,18,19). The number of carboxylic acids is 1. The lowest BCUT2D eigenvalue weighted by Gasteiger charge is -2.29. The molecule has 0 aromatic heterocycles. The lowest BCUT2D eigenvalue weighted by atomic mass is 9.86. The van der Waals surface area contributed by atoms with Gasteiger partial charge >= 0.3 is 5.97 Å². The molecule has 0 radical (unpaired) electrons. The summed E-state index contributed by atoms with van der Waals surface area (Å²) in [6.45, 7) is 0. The molecular weight excluding hydrogens is 320 g/mol. The molecule has 0 aliphatic carbocycles. The maximum atomic E-state index is 11.9. The van der Waals surface area contributed by atoms with Crippen LogP contribution in [0.4, 0.5) is 0 Å². The molecule has 0 aliphatic heterocycles. The molecule has 0 fully saturated rings. The van der Waals surface area contributed by atoms with E-state index in [2.05, 4.69) is 15.9 Å². The zero-order valence-corrected chi connectivity index (χ0v) is 12.6. The number of alkyl halides is 1. The first kappa shape index (κ1) is 14.8. The van der Waals surface area contributed by atoms with Crippen molar-refractivity contribution in [2.75, 3.05) is 7.11 Å². The zero-order chi connectivity index (χ0) is 14.6. The summed E-state index contributed by atoms with van der Waals surface area (Å²) >= 11 is 3.38. The Kier molecular flexibility index (Phi) is 4.57. The molecule has 2 rings (SSSR count). The van der Waals surface area contributed by atoms with E-state index in [1.807, 2.05) is 18.2 Å². The number of methoxy groups -OCH3 is 1. The summed E-state index contributed by atoms with van der Waals surface area (Å²) < 4.78 is 5.43. The summed E-state index contributed by atoms with van der Waals surface area (Å²) in [6, 6.07) is 16.3. The molecule has 4 heteroatoms. The Balaban J connectivity index is 2.60. The Labute approximate surface area is 126 Å². The third kappa shape index (κ3) is 2.49. The van der Waals surface area contributed by atoms with Crippen molar-refractivity contribution in [1.82, 2.24) is 0 Å². The Morgan fingerprint density at radius 1 is 1.10 bits per heavy atom. The number of ether oxygens (including phenoxy) is 1. The molecule has 2 aromatic rings. The molecule has 0 amide bonds. The number of rotatable bonds is 5. The quantitative estimate of drug-likeness (QED) is 0.850. The summed E-state index contributed by atoms with van der Waals surface area (Å²) in [5, 5.41) is 10.5. The number of benzene rings is 2. The minimum atomic E-state index is -1.48. The van der Waals surface area contributed by atoms with E-state index in [4.69, 9.17) is 4.74 Å². The first-order valence-corrected chi connectivity index (χ1v) is 7.26. The smallest absolute Gasteiger partial charge is 0.345 e. The van der Waals surface area contributed by atoms with Crippen molar-refractivity contribution in [1.29, 1.82) is 0 Å². The lowest BCUT2D eigenvalue weighted by molar-refractivity contribution is -0.158. The second kappa shape index (κ2) is 6.20. The van der Waals surface area contributed by atoms with Crippen molar-refractivity contribution in [3.8, 4) is 0 Å². The van der Waals surface area contributed by atoms with Crippen molar-refractivity contribution in [2.45, 2.75) is 10.9 Å². The second-order valence-corrected chi connectivity index (χ2v) is 4.95. The van der Waals surface area contributed by atoms with Gasteiger partial charge in [0.15, 0.2) is 0 Å². The van der Waals surface area contributed by atoms with Gasteiger partial charge in [-0.05, 0) is 16.7 Å². The van der Waals surface area contributed by atoms with Crippen molar-refractivity contribution < 1.29 is 14.6 Å². The SMILES string of the molecule is COC(C(=O)O)(c1ccccc1)c1ccc(CBr)cc1. The Hall–Kier alpha value is -1.65. The van der Waals surface area contributed by atoms with E-state index >= 15 is 0 Å². The minimum absolute atomic E-state index is 0.599. The zero-order valence-electron chi connectivity index (χ0n) is 11.0. The summed E-state index contributed by atoms with van der Waals surface area (Å²) in [7, 11) is 1.42. The minimum Gasteiger partial charge on any atom is -0.479 e. The van der Waals surface area contributed by atoms with E-state index in [1.54, 1.807) is 36.4 Å². The third-order valence-electron chi connectivity index (χ3n) is 3.30. The molecule has 1 unspecified atom stereocenters. The van der Waals surface area contributed by atoms with E-state index in [0.717, 1.165) is 10.9 Å². The molecule has 20 heavy (non-hydrogen) atoms. The summed E-state index contributed by atoms with van der Waals surface area (Å²) in [5.41, 5.74) is 0.800. The fraction of sp³-hybridized carbons (Fsp3) is 0.188. The Morgan fingerprint density at radius 3 is 2.10 bits per heavy atom. The van der Waals surface area contributed by atoms with Crippen molar-refractivity contribution in [3.63, 3.8) is 0 Å². The van der Waals surface area contributed by atoms with Gasteiger partial charge in [-0.25, -0.2) is 4.79 Å². The van der Waals surface area contributed by atoms with E-state index in [9.17, 15) is 9.90 Å². The van der Waals surface area contributed by atoms with Gasteiger partial charge in [0.1, 0.15) is 0 Å². The van der Waals surface area contributed by atoms with Crippen LogP contribution in [0.25, 0.3) is 0 Å². The van der Waals surface area contributed by atoms with Crippen molar-refractivity contribution in [3.05, 3.63) is 71.3 Å². The van der Waals surface area contributed by atoms with Crippen LogP contribution in [0, 0.1) is 0 Å². The van der Waals surface area contributed by atoms with Crippen LogP contribution in [0.5, 0.6) is 0 Å². The van der Waals surface area contributed by atoms with E-state index < -0.39 is 11.6 Å². The molecule has 1 atom stereocenters. The maximum absolute atomic E-state index is 11.9. The molecule has 0 bridgehead atoms. The Bertz CT molecular complexity index is 580. The van der Waals surface area contributed by atoms with E-state index in [1.165, 1.54) is 7.11 Å². The lowest BCUT2D eigenvalue weighted by Crippen LogP contribution is -2.39. The van der Waals surface area contributed by atoms with Gasteiger partial charge in [0.2, 0.25) is 5.60 Å². The summed E-state index contributed by atoms with van der Waals surface area (Å²) in [4.78, 5) is 11.9. The number of carbonyl (C=O) groups is 1. The topological polar surface area (TPSA) is 46.5 Å². The van der Waals surface area contributed by atoms with Crippen LogP contribution >= 0.6 is 15.9 Å². The third-order valence-corrected chi connectivity index (χ3v) is 3.95. The predicted octanol–water partition coefficient (Wildman–Crippen LogP) is 3.56. The van der Waals surface area contributed by atoms with Crippen LogP contribution in [0.3, 0.4) is 0 Å². The summed E-state index contributed by atoms with van der Waals surface area (Å²) in [5.74, 6) is -1.03. The van der Waals surface area contributed by atoms with Crippen LogP contribution in [0.1, 0.15) is 16.7 Å². The van der Waals surface area contributed by atoms with Crippen LogP contribution in [-0.2, 0) is 20.5 Å². The van der Waals surface area contributed by atoms with Gasteiger partial charge in [-0.1, -0.05) is 70.5 Å². The molecule has 0 saturated heterocycles. The predicted molar refractivity (Wildman–Crippen MR) is 80.9 cm³/mol. The van der Waals surface area contributed by atoms with Crippen molar-refractivity contribution >= 4 is 21.9 Å². The molecule has 1 N–H and O–H groups in total. The molecule has 0 saturated carbocycles. The van der Waals surface area contributed by atoms with Gasteiger partial charge in [0.25, 0.3) is 0 Å².